The lowest BCUT2D eigenvalue weighted by Crippen LogP contribution is -1.96. The van der Waals surface area contributed by atoms with Crippen molar-refractivity contribution >= 4 is 17.1 Å². The van der Waals surface area contributed by atoms with Crippen LogP contribution in [0.5, 0.6) is 0 Å². The molecule has 0 fully saturated rings. The fraction of sp³-hybridized carbons (Fsp3) is 0. The van der Waals surface area contributed by atoms with E-state index >= 15 is 0 Å². The Labute approximate surface area is 107 Å². The van der Waals surface area contributed by atoms with Crippen molar-refractivity contribution in [2.45, 2.75) is 0 Å². The molecule has 4 rings (SSSR count). The highest BCUT2D eigenvalue weighted by molar-refractivity contribution is 7.13. The van der Waals surface area contributed by atoms with E-state index in [0.29, 0.717) is 5.56 Å². The number of carbonyl (C=O) groups is 1. The van der Waals surface area contributed by atoms with Crippen molar-refractivity contribution < 1.29 is 4.79 Å². The molecule has 18 heavy (non-hydrogen) atoms. The Kier molecular flexibility index (Phi) is 1.85. The zero-order valence-corrected chi connectivity index (χ0v) is 10.1. The highest BCUT2D eigenvalue weighted by Gasteiger charge is 2.32. The van der Waals surface area contributed by atoms with Gasteiger partial charge in [0.15, 0.2) is 5.78 Å². The number of hydrogen-bond donors (Lipinski definition) is 1. The fourth-order valence-electron chi connectivity index (χ4n) is 2.38. The van der Waals surface area contributed by atoms with Crippen molar-refractivity contribution in [2.75, 3.05) is 0 Å². The number of fused-ring (bicyclic) bond motifs is 3. The summed E-state index contributed by atoms with van der Waals surface area (Å²) in [5, 5.41) is 9.28. The van der Waals surface area contributed by atoms with Crippen LogP contribution in [0, 0.1) is 0 Å². The van der Waals surface area contributed by atoms with Crippen LogP contribution in [-0.2, 0) is 0 Å². The number of nitrogens with one attached hydrogen (secondary N) is 1. The van der Waals surface area contributed by atoms with Crippen molar-refractivity contribution in [1.29, 1.82) is 0 Å². The van der Waals surface area contributed by atoms with E-state index in [-0.39, 0.29) is 5.78 Å². The SMILES string of the molecule is O=C1c2ccccc2-c2[nH]nc(-c3cccs3)c21. The predicted molar refractivity (Wildman–Crippen MR) is 70.8 cm³/mol. The average Bonchev–Trinajstić information content (AvgIpc) is 3.09. The first-order valence-corrected chi connectivity index (χ1v) is 6.50. The van der Waals surface area contributed by atoms with Crippen molar-refractivity contribution in [3.05, 3.63) is 52.9 Å². The Morgan fingerprint density at radius 2 is 1.89 bits per heavy atom. The summed E-state index contributed by atoms with van der Waals surface area (Å²) < 4.78 is 0. The van der Waals surface area contributed by atoms with Crippen LogP contribution >= 0.6 is 11.3 Å². The molecule has 0 unspecified atom stereocenters. The van der Waals surface area contributed by atoms with Gasteiger partial charge >= 0.3 is 0 Å². The Morgan fingerprint density at radius 3 is 2.67 bits per heavy atom. The number of aromatic amines is 1. The Bertz CT molecular complexity index is 756. The molecular weight excluding hydrogens is 244 g/mol. The van der Waals surface area contributed by atoms with E-state index in [4.69, 9.17) is 0 Å². The zero-order valence-electron chi connectivity index (χ0n) is 9.31. The van der Waals surface area contributed by atoms with Crippen molar-refractivity contribution in [2.24, 2.45) is 0 Å². The highest BCUT2D eigenvalue weighted by atomic mass is 32.1. The number of H-pyrrole nitrogens is 1. The molecular formula is C14H8N2OS. The predicted octanol–water partition coefficient (Wildman–Crippen LogP) is 3.35. The average molecular weight is 252 g/mol. The second-order valence-electron chi connectivity index (χ2n) is 4.17. The largest absolute Gasteiger partial charge is 0.288 e. The standard InChI is InChI=1S/C14H8N2OS/c17-14-9-5-2-1-4-8(9)12-11(14)13(16-15-12)10-6-3-7-18-10/h1-7H,(H,15,16). The van der Waals surface area contributed by atoms with Gasteiger partial charge in [-0.05, 0) is 11.4 Å². The molecule has 3 aromatic rings. The molecule has 1 aromatic carbocycles. The molecule has 1 aliphatic carbocycles. The van der Waals surface area contributed by atoms with E-state index in [1.165, 1.54) is 0 Å². The van der Waals surface area contributed by atoms with E-state index in [9.17, 15) is 4.79 Å². The maximum absolute atomic E-state index is 12.4. The number of ketones is 1. The lowest BCUT2D eigenvalue weighted by Gasteiger charge is -1.96. The molecule has 0 aliphatic heterocycles. The first-order chi connectivity index (χ1) is 8.86. The van der Waals surface area contributed by atoms with Gasteiger partial charge in [-0.1, -0.05) is 30.3 Å². The molecule has 2 heterocycles. The van der Waals surface area contributed by atoms with Crippen LogP contribution in [0.1, 0.15) is 15.9 Å². The molecule has 3 nitrogen and oxygen atoms in total. The molecule has 1 aliphatic rings. The van der Waals surface area contributed by atoms with Crippen LogP contribution < -0.4 is 0 Å². The minimum Gasteiger partial charge on any atom is -0.288 e. The van der Waals surface area contributed by atoms with E-state index in [1.807, 2.05) is 41.8 Å². The van der Waals surface area contributed by atoms with E-state index in [0.717, 1.165) is 27.4 Å². The number of aromatic nitrogens is 2. The molecule has 0 spiro atoms. The lowest BCUT2D eigenvalue weighted by atomic mass is 10.1. The number of hydrogen-bond acceptors (Lipinski definition) is 3. The number of carbonyl (C=O) groups excluding carboxylic acids is 1. The molecule has 0 bridgehead atoms. The molecule has 86 valence electrons. The Morgan fingerprint density at radius 1 is 1.06 bits per heavy atom. The molecule has 0 radical (unpaired) electrons. The Balaban J connectivity index is 2.01. The molecule has 0 saturated heterocycles. The molecule has 0 saturated carbocycles. The molecule has 2 aromatic heterocycles. The molecule has 0 amide bonds. The summed E-state index contributed by atoms with van der Waals surface area (Å²) in [5.74, 6) is 0.0674. The molecule has 0 atom stereocenters. The summed E-state index contributed by atoms with van der Waals surface area (Å²) in [6.45, 7) is 0. The first kappa shape index (κ1) is 9.79. The van der Waals surface area contributed by atoms with Gasteiger partial charge in [0, 0.05) is 11.1 Å². The topological polar surface area (TPSA) is 45.8 Å². The van der Waals surface area contributed by atoms with E-state index in [1.54, 1.807) is 11.3 Å². The van der Waals surface area contributed by atoms with Gasteiger partial charge in [0.05, 0.1) is 16.1 Å². The van der Waals surface area contributed by atoms with Crippen LogP contribution in [-0.4, -0.2) is 16.0 Å². The van der Waals surface area contributed by atoms with Gasteiger partial charge in [-0.2, -0.15) is 5.10 Å². The fourth-order valence-corrected chi connectivity index (χ4v) is 3.10. The van der Waals surface area contributed by atoms with Gasteiger partial charge in [-0.25, -0.2) is 0 Å². The van der Waals surface area contributed by atoms with Crippen LogP contribution in [0.2, 0.25) is 0 Å². The third-order valence-corrected chi connectivity index (χ3v) is 4.07. The molecule has 1 N–H and O–H groups in total. The first-order valence-electron chi connectivity index (χ1n) is 5.62. The zero-order chi connectivity index (χ0) is 12.1. The minimum absolute atomic E-state index is 0.0674. The number of nitrogens with zero attached hydrogens (tertiary/aromatic N) is 1. The third kappa shape index (κ3) is 1.13. The third-order valence-electron chi connectivity index (χ3n) is 3.19. The quantitative estimate of drug-likeness (QED) is 0.564. The highest BCUT2D eigenvalue weighted by Crippen LogP contribution is 2.40. The van der Waals surface area contributed by atoms with Crippen LogP contribution in [0.25, 0.3) is 21.8 Å². The Hall–Kier alpha value is -2.20. The molecule has 4 heteroatoms. The summed E-state index contributed by atoms with van der Waals surface area (Å²) in [6, 6.07) is 11.6. The van der Waals surface area contributed by atoms with Gasteiger partial charge in [-0.3, -0.25) is 9.89 Å². The second kappa shape index (κ2) is 3.40. The summed E-state index contributed by atoms with van der Waals surface area (Å²) in [7, 11) is 0. The van der Waals surface area contributed by atoms with Gasteiger partial charge in [0.1, 0.15) is 5.69 Å². The number of benzene rings is 1. The van der Waals surface area contributed by atoms with Crippen LogP contribution in [0.3, 0.4) is 0 Å². The van der Waals surface area contributed by atoms with E-state index in [2.05, 4.69) is 10.2 Å². The number of thiophene rings is 1. The number of rotatable bonds is 1. The summed E-state index contributed by atoms with van der Waals surface area (Å²) in [4.78, 5) is 13.4. The van der Waals surface area contributed by atoms with Gasteiger partial charge in [-0.15, -0.1) is 11.3 Å². The van der Waals surface area contributed by atoms with Crippen LogP contribution in [0.15, 0.2) is 41.8 Å². The van der Waals surface area contributed by atoms with Gasteiger partial charge in [0.25, 0.3) is 0 Å². The lowest BCUT2D eigenvalue weighted by molar-refractivity contribution is 0.104. The van der Waals surface area contributed by atoms with Crippen molar-refractivity contribution in [1.82, 2.24) is 10.2 Å². The van der Waals surface area contributed by atoms with Gasteiger partial charge in [0.2, 0.25) is 0 Å². The van der Waals surface area contributed by atoms with E-state index < -0.39 is 0 Å². The summed E-state index contributed by atoms with van der Waals surface area (Å²) >= 11 is 1.59. The van der Waals surface area contributed by atoms with Gasteiger partial charge < -0.3 is 0 Å². The van der Waals surface area contributed by atoms with Crippen molar-refractivity contribution in [3.63, 3.8) is 0 Å². The normalized spacial score (nSPS) is 12.6. The smallest absolute Gasteiger partial charge is 0.198 e. The summed E-state index contributed by atoms with van der Waals surface area (Å²) in [5.41, 5.74) is 4.03. The second-order valence-corrected chi connectivity index (χ2v) is 5.12. The monoisotopic (exact) mass is 252 g/mol. The minimum atomic E-state index is 0.0674. The van der Waals surface area contributed by atoms with Crippen molar-refractivity contribution in [3.8, 4) is 21.8 Å². The van der Waals surface area contributed by atoms with Crippen LogP contribution in [0.4, 0.5) is 0 Å². The maximum atomic E-state index is 12.4. The summed E-state index contributed by atoms with van der Waals surface area (Å²) in [6.07, 6.45) is 0. The maximum Gasteiger partial charge on any atom is 0.198 e.